The number of hydrogen-bond donors (Lipinski definition) is 1. The van der Waals surface area contributed by atoms with E-state index in [1.165, 1.54) is 31.3 Å². The first-order chi connectivity index (χ1) is 18.3. The standard InChI is InChI=1S/C29H28ClNO7/c1-35-21-11-10-17(14-24(21)38-4)12-13-31-26(18-8-6-5-7-9-18)25(28(33)29(31)34)27(32)19-15-23(37-3)20(30)16-22(19)36-2/h5-11,14-16,26,32H,12-13H2,1-4H3/b27-25+. The molecule has 0 saturated carbocycles. The normalized spacial score (nSPS) is 16.4. The van der Waals surface area contributed by atoms with Gasteiger partial charge in [-0.15, -0.1) is 0 Å². The van der Waals surface area contributed by atoms with Crippen LogP contribution in [-0.2, 0) is 16.0 Å². The summed E-state index contributed by atoms with van der Waals surface area (Å²) in [7, 11) is 5.97. The van der Waals surface area contributed by atoms with Crippen molar-refractivity contribution in [1.82, 2.24) is 4.90 Å². The van der Waals surface area contributed by atoms with E-state index in [2.05, 4.69) is 0 Å². The highest BCUT2D eigenvalue weighted by Gasteiger charge is 2.46. The molecule has 9 heteroatoms. The van der Waals surface area contributed by atoms with Gasteiger partial charge in [-0.1, -0.05) is 48.0 Å². The van der Waals surface area contributed by atoms with Crippen LogP contribution in [0.1, 0.15) is 22.7 Å². The van der Waals surface area contributed by atoms with Crippen molar-refractivity contribution in [2.75, 3.05) is 35.0 Å². The first-order valence-electron chi connectivity index (χ1n) is 11.8. The lowest BCUT2D eigenvalue weighted by Gasteiger charge is -2.25. The van der Waals surface area contributed by atoms with Gasteiger partial charge in [0.1, 0.15) is 17.3 Å². The van der Waals surface area contributed by atoms with E-state index in [1.54, 1.807) is 20.3 Å². The summed E-state index contributed by atoms with van der Waals surface area (Å²) >= 11 is 6.24. The van der Waals surface area contributed by atoms with E-state index in [0.717, 1.165) is 5.56 Å². The molecule has 0 spiro atoms. The van der Waals surface area contributed by atoms with Crippen molar-refractivity contribution in [1.29, 1.82) is 0 Å². The molecule has 1 saturated heterocycles. The van der Waals surface area contributed by atoms with Crippen molar-refractivity contribution in [3.05, 3.63) is 87.9 Å². The number of ketones is 1. The second-order valence-electron chi connectivity index (χ2n) is 8.53. The predicted octanol–water partition coefficient (Wildman–Crippen LogP) is 5.04. The van der Waals surface area contributed by atoms with Gasteiger partial charge < -0.3 is 29.0 Å². The Bertz CT molecular complexity index is 1390. The Kier molecular flexibility index (Phi) is 8.12. The molecule has 0 bridgehead atoms. The largest absolute Gasteiger partial charge is 0.507 e. The fourth-order valence-electron chi connectivity index (χ4n) is 4.57. The molecule has 0 radical (unpaired) electrons. The minimum atomic E-state index is -0.817. The Balaban J connectivity index is 1.79. The van der Waals surface area contributed by atoms with Gasteiger partial charge in [0, 0.05) is 12.6 Å². The summed E-state index contributed by atoms with van der Waals surface area (Å²) in [6.07, 6.45) is 0.439. The smallest absolute Gasteiger partial charge is 0.295 e. The van der Waals surface area contributed by atoms with Gasteiger partial charge in [-0.05, 0) is 35.7 Å². The number of halogens is 1. The third-order valence-corrected chi connectivity index (χ3v) is 6.77. The van der Waals surface area contributed by atoms with E-state index in [0.29, 0.717) is 23.5 Å². The van der Waals surface area contributed by atoms with E-state index >= 15 is 0 Å². The van der Waals surface area contributed by atoms with Gasteiger partial charge in [-0.25, -0.2) is 0 Å². The van der Waals surface area contributed by atoms with E-state index < -0.39 is 17.7 Å². The molecule has 1 amide bonds. The number of amides is 1. The van der Waals surface area contributed by atoms with Crippen LogP contribution in [0.3, 0.4) is 0 Å². The molecule has 4 rings (SSSR count). The lowest BCUT2D eigenvalue weighted by atomic mass is 9.94. The van der Waals surface area contributed by atoms with Gasteiger partial charge in [0.15, 0.2) is 11.5 Å². The number of ether oxygens (including phenoxy) is 4. The molecular weight excluding hydrogens is 510 g/mol. The van der Waals surface area contributed by atoms with E-state index in [-0.39, 0.29) is 40.0 Å². The van der Waals surface area contributed by atoms with Gasteiger partial charge >= 0.3 is 0 Å². The van der Waals surface area contributed by atoms with Crippen LogP contribution in [0, 0.1) is 0 Å². The molecule has 8 nitrogen and oxygen atoms in total. The predicted molar refractivity (Wildman–Crippen MR) is 143 cm³/mol. The minimum absolute atomic E-state index is 0.0452. The van der Waals surface area contributed by atoms with Crippen LogP contribution in [0.2, 0.25) is 5.02 Å². The number of rotatable bonds is 9. The van der Waals surface area contributed by atoms with Crippen LogP contribution < -0.4 is 18.9 Å². The van der Waals surface area contributed by atoms with E-state index in [1.807, 2.05) is 42.5 Å². The summed E-state index contributed by atoms with van der Waals surface area (Å²) in [5, 5.41) is 11.7. The topological polar surface area (TPSA) is 94.5 Å². The molecule has 1 unspecified atom stereocenters. The average Bonchev–Trinajstić information content (AvgIpc) is 3.20. The van der Waals surface area contributed by atoms with Gasteiger partial charge in [-0.3, -0.25) is 9.59 Å². The number of nitrogens with zero attached hydrogens (tertiary/aromatic N) is 1. The summed E-state index contributed by atoms with van der Waals surface area (Å²) < 4.78 is 21.4. The molecule has 3 aromatic rings. The molecule has 1 heterocycles. The van der Waals surface area contributed by atoms with Crippen LogP contribution >= 0.6 is 11.6 Å². The fraction of sp³-hybridized carbons (Fsp3) is 0.241. The molecule has 1 atom stereocenters. The average molecular weight is 538 g/mol. The molecule has 1 aliphatic rings. The molecule has 1 N–H and O–H groups in total. The monoisotopic (exact) mass is 537 g/mol. The highest BCUT2D eigenvalue weighted by molar-refractivity contribution is 6.46. The summed E-state index contributed by atoms with van der Waals surface area (Å²) in [6, 6.07) is 16.7. The molecule has 3 aromatic carbocycles. The molecular formula is C29H28ClNO7. The van der Waals surface area contributed by atoms with Crippen molar-refractivity contribution in [3.8, 4) is 23.0 Å². The first kappa shape index (κ1) is 26.9. The van der Waals surface area contributed by atoms with Gasteiger partial charge in [0.25, 0.3) is 11.7 Å². The van der Waals surface area contributed by atoms with Gasteiger partial charge in [0.05, 0.1) is 50.6 Å². The van der Waals surface area contributed by atoms with Crippen molar-refractivity contribution in [2.24, 2.45) is 0 Å². The Labute approximate surface area is 225 Å². The van der Waals surface area contributed by atoms with Crippen LogP contribution in [0.4, 0.5) is 0 Å². The number of aliphatic hydroxyl groups excluding tert-OH is 1. The SMILES string of the molecule is COc1cc(/C(O)=C2\C(=O)C(=O)N(CCc3ccc(OC)c(OC)c3)C2c2ccccc2)c(OC)cc1Cl. The Morgan fingerprint density at radius 1 is 0.842 bits per heavy atom. The number of Topliss-reactive ketones (excluding diaryl/α,β-unsaturated/α-hetero) is 1. The number of carbonyl (C=O) groups excluding carboxylic acids is 2. The third-order valence-electron chi connectivity index (χ3n) is 6.47. The summed E-state index contributed by atoms with van der Waals surface area (Å²) in [6.45, 7) is 0.220. The molecule has 0 aliphatic carbocycles. The second-order valence-corrected chi connectivity index (χ2v) is 8.94. The number of hydrogen-bond acceptors (Lipinski definition) is 7. The number of methoxy groups -OCH3 is 4. The molecule has 1 aliphatic heterocycles. The second kappa shape index (κ2) is 11.5. The molecule has 198 valence electrons. The van der Waals surface area contributed by atoms with E-state index in [4.69, 9.17) is 30.5 Å². The zero-order valence-electron chi connectivity index (χ0n) is 21.5. The Morgan fingerprint density at radius 3 is 2.13 bits per heavy atom. The van der Waals surface area contributed by atoms with E-state index in [9.17, 15) is 14.7 Å². The van der Waals surface area contributed by atoms with Crippen LogP contribution in [-0.4, -0.2) is 56.7 Å². The highest BCUT2D eigenvalue weighted by atomic mass is 35.5. The summed E-state index contributed by atoms with van der Waals surface area (Å²) in [5.74, 6) is -0.202. The lowest BCUT2D eigenvalue weighted by Crippen LogP contribution is -2.31. The fourth-order valence-corrected chi connectivity index (χ4v) is 4.80. The zero-order valence-corrected chi connectivity index (χ0v) is 22.2. The van der Waals surface area contributed by atoms with Gasteiger partial charge in [-0.2, -0.15) is 0 Å². The van der Waals surface area contributed by atoms with Crippen LogP contribution in [0.5, 0.6) is 23.0 Å². The first-order valence-corrected chi connectivity index (χ1v) is 12.2. The van der Waals surface area contributed by atoms with Crippen LogP contribution in [0.25, 0.3) is 5.76 Å². The van der Waals surface area contributed by atoms with Crippen molar-refractivity contribution in [2.45, 2.75) is 12.5 Å². The number of likely N-dealkylation sites (tertiary alicyclic amines) is 1. The van der Waals surface area contributed by atoms with Crippen molar-refractivity contribution in [3.63, 3.8) is 0 Å². The number of carbonyl (C=O) groups is 2. The quantitative estimate of drug-likeness (QED) is 0.232. The lowest BCUT2D eigenvalue weighted by molar-refractivity contribution is -0.139. The molecule has 38 heavy (non-hydrogen) atoms. The maximum Gasteiger partial charge on any atom is 0.295 e. The molecule has 0 aromatic heterocycles. The number of aliphatic hydroxyl groups is 1. The summed E-state index contributed by atoms with van der Waals surface area (Å²) in [4.78, 5) is 28.2. The number of benzene rings is 3. The minimum Gasteiger partial charge on any atom is -0.507 e. The van der Waals surface area contributed by atoms with Crippen molar-refractivity contribution < 1.29 is 33.6 Å². The highest BCUT2D eigenvalue weighted by Crippen LogP contribution is 2.43. The Hall–Kier alpha value is -4.17. The maximum atomic E-state index is 13.4. The van der Waals surface area contributed by atoms with Crippen LogP contribution in [0.15, 0.2) is 66.2 Å². The summed E-state index contributed by atoms with van der Waals surface area (Å²) in [5.41, 5.74) is 1.71. The van der Waals surface area contributed by atoms with Crippen molar-refractivity contribution >= 4 is 29.1 Å². The van der Waals surface area contributed by atoms with Gasteiger partial charge in [0.2, 0.25) is 0 Å². The maximum absolute atomic E-state index is 13.4. The zero-order chi connectivity index (χ0) is 27.4. The third kappa shape index (κ3) is 4.99. The Morgan fingerprint density at radius 2 is 1.50 bits per heavy atom. The molecule has 1 fully saturated rings.